The van der Waals surface area contributed by atoms with E-state index in [0.717, 1.165) is 6.92 Å². The monoisotopic (exact) mass is 1680 g/mol. The zero-order valence-corrected chi connectivity index (χ0v) is 67.8. The molecule has 2 aromatic heterocycles. The smallest absolute Gasteiger partial charge is 0.303 e. The third-order valence-corrected chi connectivity index (χ3v) is 20.3. The van der Waals surface area contributed by atoms with Crippen LogP contribution >= 0.6 is 11.8 Å². The Morgan fingerprint density at radius 2 is 1.14 bits per heavy atom. The number of carbonyl (C=O) groups is 15. The second kappa shape index (κ2) is 48.5. The molecule has 26 N–H and O–H groups in total. The molecule has 648 valence electrons. The van der Waals surface area contributed by atoms with E-state index < -0.39 is 206 Å². The van der Waals surface area contributed by atoms with Crippen LogP contribution in [0.15, 0.2) is 103 Å². The van der Waals surface area contributed by atoms with Crippen molar-refractivity contribution in [3.05, 3.63) is 120 Å². The van der Waals surface area contributed by atoms with Crippen molar-refractivity contribution in [2.75, 3.05) is 51.4 Å². The number of aromatic amines is 2. The Labute approximate surface area is 690 Å². The Hall–Kier alpha value is -12.2. The van der Waals surface area contributed by atoms with Gasteiger partial charge in [-0.15, -0.1) is 0 Å². The number of aliphatic carboxylic acids is 1. The number of aromatic nitrogens is 3. The molecule has 41 heteroatoms. The highest BCUT2D eigenvalue weighted by molar-refractivity contribution is 7.98. The number of fused-ring (bicyclic) bond motifs is 1. The second-order valence-corrected chi connectivity index (χ2v) is 30.0. The van der Waals surface area contributed by atoms with Gasteiger partial charge in [0, 0.05) is 74.9 Å². The number of carboxylic acids is 1. The number of guanidine groups is 1. The van der Waals surface area contributed by atoms with Crippen LogP contribution in [-0.2, 0) is 91.2 Å². The minimum atomic E-state index is -1.84. The second-order valence-electron chi connectivity index (χ2n) is 29.0. The Morgan fingerprint density at radius 3 is 1.73 bits per heavy atom. The fraction of sp³-hybridized carbons (Fsp3) is 0.500. The first-order valence-corrected chi connectivity index (χ1v) is 40.4. The number of likely N-dealkylation sites (tertiary alicyclic amines) is 1. The molecule has 1 aliphatic heterocycles. The summed E-state index contributed by atoms with van der Waals surface area (Å²) < 4.78 is 0. The number of carboxylic acid groups (broad SMARTS) is 1. The van der Waals surface area contributed by atoms with Gasteiger partial charge >= 0.3 is 5.97 Å². The largest absolute Gasteiger partial charge is 0.508 e. The molecule has 1 saturated heterocycles. The number of unbranched alkanes of at least 4 members (excludes halogenated alkanes) is 1. The minimum Gasteiger partial charge on any atom is -0.508 e. The van der Waals surface area contributed by atoms with E-state index in [0.29, 0.717) is 46.9 Å². The maximum Gasteiger partial charge on any atom is 0.303 e. The maximum absolute atomic E-state index is 15.4. The number of H-pyrrole nitrogens is 2. The highest BCUT2D eigenvalue weighted by Crippen LogP contribution is 2.25. The zero-order valence-electron chi connectivity index (χ0n) is 66.9. The van der Waals surface area contributed by atoms with E-state index in [1.54, 1.807) is 87.8 Å². The van der Waals surface area contributed by atoms with Gasteiger partial charge in [-0.05, 0) is 117 Å². The average molecular weight is 1680 g/mol. The Bertz CT molecular complexity index is 4300. The molecule has 0 unspecified atom stereocenters. The van der Waals surface area contributed by atoms with Crippen molar-refractivity contribution in [3.8, 4) is 5.75 Å². The molecule has 13 atom stereocenters. The Kier molecular flexibility index (Phi) is 38.9. The van der Waals surface area contributed by atoms with E-state index in [-0.39, 0.29) is 93.7 Å². The molecule has 0 spiro atoms. The first kappa shape index (κ1) is 95.6. The summed E-state index contributed by atoms with van der Waals surface area (Å²) in [6.07, 6.45) is 4.93. The number of primary amides is 1. The molecule has 14 amide bonds. The van der Waals surface area contributed by atoms with E-state index in [9.17, 15) is 78.0 Å². The molecule has 1 aliphatic rings. The third-order valence-electron chi connectivity index (χ3n) is 19.7. The van der Waals surface area contributed by atoms with Crippen molar-refractivity contribution in [1.82, 2.24) is 83.7 Å². The first-order chi connectivity index (χ1) is 56.7. The number of aromatic hydroxyl groups is 1. The van der Waals surface area contributed by atoms with Gasteiger partial charge in [0.05, 0.1) is 31.8 Å². The fourth-order valence-corrected chi connectivity index (χ4v) is 13.7. The number of thioether (sulfide) groups is 1. The standard InChI is InChI=1S/C78H111N21O19S/c1-42(2)64(66(80)107)97-75(116)61-21-14-31-99(61)77(118)55(19-11-12-29-79)89-62(104)38-86-67(108)57(34-47-36-85-51-18-10-9-17-50(47)51)94-68(109)52(20-13-30-84-78(81)82)92-76(117)65(43(3)46-15-7-6-8-16-46)98-72(113)58(35-48-37-83-41-87-48)95-69(110)53(26-27-63(105)106)90-70(111)54(28-32-119-5)91-74(115)60(40-101)96-71(112)56(33-45-22-24-49(103)25-23-45)93-73(114)59(39-100)88-44(4)102/h6-10,15-18,22-25,36-37,41-43,52-61,64-65,85,100-101,103H,11-14,19-21,26-35,38-40,79H2,1-5H3,(H2,80,107)(H,83,87)(H,86,108)(H,88,102)(H,89,104)(H,90,111)(H,91,115)(H,92,117)(H,93,114)(H,94,109)(H,95,110)(H,96,112)(H,97,116)(H,98,113)(H,105,106)(H4,81,82,84)/t43-,52+,53+,54+,55+,56+,57+,58+,59+,60+,61+,64+,65+/m1/s1. The molecule has 3 aromatic carbocycles. The Morgan fingerprint density at radius 1 is 0.588 bits per heavy atom. The quantitative estimate of drug-likeness (QED) is 0.00997. The number of aliphatic hydroxyl groups excluding tert-OH is 2. The van der Waals surface area contributed by atoms with Gasteiger partial charge in [-0.3, -0.25) is 76.9 Å². The van der Waals surface area contributed by atoms with Gasteiger partial charge in [-0.2, -0.15) is 11.8 Å². The van der Waals surface area contributed by atoms with Crippen molar-refractivity contribution < 1.29 is 92.3 Å². The normalized spacial score (nSPS) is 15.5. The molecule has 0 saturated carbocycles. The lowest BCUT2D eigenvalue weighted by Gasteiger charge is -2.30. The van der Waals surface area contributed by atoms with Gasteiger partial charge in [0.25, 0.3) is 0 Å². The topological polar surface area (TPSA) is 645 Å². The van der Waals surface area contributed by atoms with E-state index in [1.165, 1.54) is 53.5 Å². The number of phenols is 1. The molecule has 1 fully saturated rings. The number of rotatable bonds is 50. The SMILES string of the molecule is CSCC[C@H](NC(=O)[C@H](CO)NC(=O)[C@H](Cc1ccc(O)cc1)NC(=O)[C@H](CO)NC(C)=O)C(=O)N[C@@H](CCC(=O)O)C(=O)N[C@@H](Cc1c[nH]cn1)C(=O)N[C@H](C(=O)N[C@@H](CCCN=C(N)N)C(=O)N[C@@H](Cc1c[nH]c2ccccc12)C(=O)NCC(=O)N[C@@H](CCCCN)C(=O)N1CCC[C@H]1C(=O)N[C@H](C(N)=O)C(C)C)[C@H](C)c1ccccc1. The molecule has 3 heterocycles. The number of nitrogens with two attached hydrogens (primary N) is 4. The highest BCUT2D eigenvalue weighted by atomic mass is 32.2. The van der Waals surface area contributed by atoms with Crippen molar-refractivity contribution in [2.24, 2.45) is 33.8 Å². The third kappa shape index (κ3) is 30.6. The van der Waals surface area contributed by atoms with Crippen LogP contribution in [-0.4, -0.2) is 259 Å². The molecular weight excluding hydrogens is 1570 g/mol. The predicted molar refractivity (Wildman–Crippen MR) is 437 cm³/mol. The highest BCUT2D eigenvalue weighted by Gasteiger charge is 2.41. The van der Waals surface area contributed by atoms with Crippen molar-refractivity contribution in [3.63, 3.8) is 0 Å². The van der Waals surface area contributed by atoms with E-state index in [4.69, 9.17) is 22.9 Å². The van der Waals surface area contributed by atoms with Gasteiger partial charge in [-0.25, -0.2) is 4.98 Å². The van der Waals surface area contributed by atoms with Crippen LogP contribution in [0.5, 0.6) is 5.75 Å². The molecule has 0 radical (unpaired) electrons. The van der Waals surface area contributed by atoms with Crippen LogP contribution in [0.25, 0.3) is 10.9 Å². The maximum atomic E-state index is 15.4. The number of aliphatic hydroxyl groups is 2. The molecule has 0 bridgehead atoms. The minimum absolute atomic E-state index is 0.0218. The van der Waals surface area contributed by atoms with Crippen LogP contribution in [0.4, 0.5) is 0 Å². The molecule has 40 nitrogen and oxygen atoms in total. The van der Waals surface area contributed by atoms with Gasteiger partial charge in [0.2, 0.25) is 82.7 Å². The summed E-state index contributed by atoms with van der Waals surface area (Å²) in [6, 6.07) is 2.93. The number of amides is 14. The molecule has 0 aliphatic carbocycles. The van der Waals surface area contributed by atoms with Gasteiger partial charge in [0.15, 0.2) is 5.96 Å². The summed E-state index contributed by atoms with van der Waals surface area (Å²) in [7, 11) is 0. The number of hydrogen-bond acceptors (Lipinski definition) is 22. The summed E-state index contributed by atoms with van der Waals surface area (Å²) in [6.45, 7) is 3.72. The molecule has 5 aromatic rings. The molecular formula is C78H111N21O19S. The number of phenolic OH excluding ortho intramolecular Hbond substituents is 1. The number of nitrogens with zero attached hydrogens (tertiary/aromatic N) is 3. The van der Waals surface area contributed by atoms with Crippen molar-refractivity contribution in [1.29, 1.82) is 0 Å². The first-order valence-electron chi connectivity index (χ1n) is 39.0. The average Bonchev–Trinajstić information content (AvgIpc) is 1.74. The summed E-state index contributed by atoms with van der Waals surface area (Å²) >= 11 is 1.23. The Balaban J connectivity index is 1.27. The number of para-hydroxylation sites is 1. The molecule has 6 rings (SSSR count). The van der Waals surface area contributed by atoms with Crippen LogP contribution in [0.3, 0.4) is 0 Å². The number of imidazole rings is 1. The van der Waals surface area contributed by atoms with Gasteiger partial charge in [0.1, 0.15) is 78.3 Å². The van der Waals surface area contributed by atoms with Gasteiger partial charge < -0.3 is 122 Å². The summed E-state index contributed by atoms with van der Waals surface area (Å²) in [4.78, 5) is 225. The van der Waals surface area contributed by atoms with Crippen LogP contribution in [0.2, 0.25) is 0 Å². The number of carbonyl (C=O) groups excluding carboxylic acids is 14. The zero-order chi connectivity index (χ0) is 87.4. The van der Waals surface area contributed by atoms with Crippen LogP contribution in [0, 0.1) is 5.92 Å². The number of benzene rings is 3. The van der Waals surface area contributed by atoms with Crippen LogP contribution in [0.1, 0.15) is 120 Å². The van der Waals surface area contributed by atoms with Crippen LogP contribution < -0.4 is 86.7 Å². The number of hydrogen-bond donors (Lipinski definition) is 22. The molecule has 119 heavy (non-hydrogen) atoms. The lowest BCUT2D eigenvalue weighted by molar-refractivity contribution is -0.142. The summed E-state index contributed by atoms with van der Waals surface area (Å²) in [5.41, 5.74) is 25.0. The van der Waals surface area contributed by atoms with Crippen molar-refractivity contribution >= 4 is 117 Å². The number of aliphatic imine (C=N–C) groups is 1. The fourth-order valence-electron chi connectivity index (χ4n) is 13.2. The summed E-state index contributed by atoms with van der Waals surface area (Å²) in [5.74, 6) is -15.8. The van der Waals surface area contributed by atoms with E-state index >= 15 is 14.4 Å². The summed E-state index contributed by atoms with van der Waals surface area (Å²) in [5, 5.41) is 71.6. The van der Waals surface area contributed by atoms with Gasteiger partial charge in [-0.1, -0.05) is 81.4 Å². The van der Waals surface area contributed by atoms with E-state index in [1.807, 2.05) is 0 Å². The lowest BCUT2D eigenvalue weighted by Crippen LogP contribution is -2.61. The number of nitrogens with one attached hydrogen (secondary N) is 14. The lowest BCUT2D eigenvalue weighted by atomic mass is 9.91. The van der Waals surface area contributed by atoms with E-state index in [2.05, 4.69) is 83.7 Å². The predicted octanol–water partition coefficient (Wildman–Crippen LogP) is -4.19. The van der Waals surface area contributed by atoms with Crippen molar-refractivity contribution in [2.45, 2.75) is 190 Å².